The molecule has 4 heterocycles. The third kappa shape index (κ3) is 3.52. The van der Waals surface area contributed by atoms with Crippen LogP contribution in [0.5, 0.6) is 0 Å². The largest absolute Gasteiger partial charge is 0.293 e. The molecule has 1 atom stereocenters. The van der Waals surface area contributed by atoms with Gasteiger partial charge >= 0.3 is 0 Å². The standard InChI is InChI=1S/C17H20N6S/c1-2-9-22(15(5-1)12-23-10-4-8-20-23)11-14-13-24-17(21-14)16-18-6-3-7-19-16/h3-4,6-8,10,13,15H,1-2,5,9,11-12H2/t15-/m0/s1. The maximum Gasteiger partial charge on any atom is 0.188 e. The summed E-state index contributed by atoms with van der Waals surface area (Å²) in [6.45, 7) is 2.96. The molecule has 7 heteroatoms. The van der Waals surface area contributed by atoms with Gasteiger partial charge in [0, 0.05) is 42.8 Å². The smallest absolute Gasteiger partial charge is 0.188 e. The SMILES string of the molecule is c1cnc(-c2nc(CN3CCCC[C@H]3Cn3cccn3)cs2)nc1. The van der Waals surface area contributed by atoms with E-state index in [1.165, 1.54) is 19.3 Å². The number of thiazole rings is 1. The van der Waals surface area contributed by atoms with Gasteiger partial charge in [0.15, 0.2) is 10.8 Å². The highest BCUT2D eigenvalue weighted by Gasteiger charge is 2.24. The van der Waals surface area contributed by atoms with Crippen LogP contribution < -0.4 is 0 Å². The van der Waals surface area contributed by atoms with E-state index in [1.54, 1.807) is 23.7 Å². The van der Waals surface area contributed by atoms with Crippen molar-refractivity contribution >= 4 is 11.3 Å². The molecule has 1 aliphatic heterocycles. The number of aromatic nitrogens is 5. The number of piperidine rings is 1. The molecule has 0 unspecified atom stereocenters. The lowest BCUT2D eigenvalue weighted by Gasteiger charge is -2.35. The van der Waals surface area contributed by atoms with E-state index in [2.05, 4.69) is 25.3 Å². The minimum atomic E-state index is 0.525. The summed E-state index contributed by atoms with van der Waals surface area (Å²) >= 11 is 1.62. The quantitative estimate of drug-likeness (QED) is 0.715. The molecule has 0 amide bonds. The van der Waals surface area contributed by atoms with Crippen LogP contribution in [0.1, 0.15) is 25.0 Å². The molecular formula is C17H20N6S. The number of hydrogen-bond donors (Lipinski definition) is 0. The van der Waals surface area contributed by atoms with Crippen molar-refractivity contribution in [1.29, 1.82) is 0 Å². The van der Waals surface area contributed by atoms with Crippen molar-refractivity contribution in [1.82, 2.24) is 29.6 Å². The Labute approximate surface area is 145 Å². The highest BCUT2D eigenvalue weighted by Crippen LogP contribution is 2.24. The minimum absolute atomic E-state index is 0.525. The molecule has 4 rings (SSSR count). The Morgan fingerprint density at radius 1 is 1.12 bits per heavy atom. The Bertz CT molecular complexity index is 755. The highest BCUT2D eigenvalue weighted by molar-refractivity contribution is 7.13. The molecule has 3 aromatic heterocycles. The average molecular weight is 340 g/mol. The van der Waals surface area contributed by atoms with Gasteiger partial charge in [0.1, 0.15) is 0 Å². The summed E-state index contributed by atoms with van der Waals surface area (Å²) in [7, 11) is 0. The summed E-state index contributed by atoms with van der Waals surface area (Å²) in [5, 5.41) is 7.38. The van der Waals surface area contributed by atoms with Crippen molar-refractivity contribution in [2.75, 3.05) is 6.54 Å². The second-order valence-corrected chi connectivity index (χ2v) is 6.92. The van der Waals surface area contributed by atoms with E-state index in [0.717, 1.165) is 30.3 Å². The molecule has 6 nitrogen and oxygen atoms in total. The van der Waals surface area contributed by atoms with Crippen LogP contribution in [0.25, 0.3) is 10.8 Å². The van der Waals surface area contributed by atoms with Crippen LogP contribution in [0.3, 0.4) is 0 Å². The van der Waals surface area contributed by atoms with Crippen molar-refractivity contribution in [3.8, 4) is 10.8 Å². The van der Waals surface area contributed by atoms with Gasteiger partial charge in [0.2, 0.25) is 0 Å². The van der Waals surface area contributed by atoms with E-state index in [4.69, 9.17) is 4.98 Å². The molecule has 0 aromatic carbocycles. The van der Waals surface area contributed by atoms with Crippen LogP contribution >= 0.6 is 11.3 Å². The summed E-state index contributed by atoms with van der Waals surface area (Å²) in [6, 6.07) is 4.34. The first-order chi connectivity index (χ1) is 11.9. The Hall–Kier alpha value is -2.12. The van der Waals surface area contributed by atoms with Gasteiger partial charge in [0.05, 0.1) is 12.2 Å². The molecule has 24 heavy (non-hydrogen) atoms. The van der Waals surface area contributed by atoms with Crippen molar-refractivity contribution in [2.45, 2.75) is 38.4 Å². The van der Waals surface area contributed by atoms with E-state index < -0.39 is 0 Å². The third-order valence-corrected chi connectivity index (χ3v) is 5.27. The van der Waals surface area contributed by atoms with Gasteiger partial charge < -0.3 is 0 Å². The average Bonchev–Trinajstić information content (AvgIpc) is 3.29. The summed E-state index contributed by atoms with van der Waals surface area (Å²) in [4.78, 5) is 15.8. The number of rotatable bonds is 5. The zero-order chi connectivity index (χ0) is 16.2. The lowest BCUT2D eigenvalue weighted by molar-refractivity contribution is 0.120. The van der Waals surface area contributed by atoms with E-state index in [9.17, 15) is 0 Å². The number of likely N-dealkylation sites (tertiary alicyclic amines) is 1. The van der Waals surface area contributed by atoms with Gasteiger partial charge in [-0.25, -0.2) is 15.0 Å². The second kappa shape index (κ2) is 7.19. The summed E-state index contributed by atoms with van der Waals surface area (Å²) in [5.74, 6) is 0.709. The fourth-order valence-corrected chi connectivity index (χ4v) is 3.95. The molecular weight excluding hydrogens is 320 g/mol. The topological polar surface area (TPSA) is 59.7 Å². The Balaban J connectivity index is 1.46. The zero-order valence-corrected chi connectivity index (χ0v) is 14.3. The van der Waals surface area contributed by atoms with E-state index in [-0.39, 0.29) is 0 Å². The fourth-order valence-electron chi connectivity index (χ4n) is 3.20. The van der Waals surface area contributed by atoms with Gasteiger partial charge in [0.25, 0.3) is 0 Å². The maximum absolute atomic E-state index is 4.74. The van der Waals surface area contributed by atoms with Crippen LogP contribution in [0.2, 0.25) is 0 Å². The van der Waals surface area contributed by atoms with Crippen molar-refractivity contribution < 1.29 is 0 Å². The predicted molar refractivity (Wildman–Crippen MR) is 93.4 cm³/mol. The normalized spacial score (nSPS) is 18.8. The maximum atomic E-state index is 4.74. The molecule has 1 saturated heterocycles. The van der Waals surface area contributed by atoms with Gasteiger partial charge in [-0.3, -0.25) is 9.58 Å². The molecule has 3 aromatic rings. The Morgan fingerprint density at radius 3 is 2.88 bits per heavy atom. The number of hydrogen-bond acceptors (Lipinski definition) is 6. The van der Waals surface area contributed by atoms with Crippen LogP contribution in [0, 0.1) is 0 Å². The van der Waals surface area contributed by atoms with Crippen LogP contribution in [-0.4, -0.2) is 42.2 Å². The fraction of sp³-hybridized carbons (Fsp3) is 0.412. The molecule has 0 aliphatic carbocycles. The third-order valence-electron chi connectivity index (χ3n) is 4.38. The molecule has 0 bridgehead atoms. The van der Waals surface area contributed by atoms with Crippen LogP contribution in [0.15, 0.2) is 42.3 Å². The van der Waals surface area contributed by atoms with Crippen LogP contribution in [0.4, 0.5) is 0 Å². The first-order valence-corrected chi connectivity index (χ1v) is 9.20. The lowest BCUT2D eigenvalue weighted by Crippen LogP contribution is -2.41. The van der Waals surface area contributed by atoms with E-state index in [0.29, 0.717) is 11.9 Å². The summed E-state index contributed by atoms with van der Waals surface area (Å²) in [6.07, 6.45) is 11.2. The second-order valence-electron chi connectivity index (χ2n) is 6.06. The molecule has 1 fully saturated rings. The molecule has 0 N–H and O–H groups in total. The summed E-state index contributed by atoms with van der Waals surface area (Å²) < 4.78 is 2.03. The first kappa shape index (κ1) is 15.4. The predicted octanol–water partition coefficient (Wildman–Crippen LogP) is 2.85. The Kier molecular flexibility index (Phi) is 4.62. The molecule has 0 radical (unpaired) electrons. The van der Waals surface area contributed by atoms with Crippen molar-refractivity contribution in [3.63, 3.8) is 0 Å². The van der Waals surface area contributed by atoms with Crippen LogP contribution in [-0.2, 0) is 13.1 Å². The molecule has 124 valence electrons. The molecule has 0 spiro atoms. The van der Waals surface area contributed by atoms with Crippen molar-refractivity contribution in [3.05, 3.63) is 48.0 Å². The molecule has 1 aliphatic rings. The monoisotopic (exact) mass is 340 g/mol. The summed E-state index contributed by atoms with van der Waals surface area (Å²) in [5.41, 5.74) is 1.11. The zero-order valence-electron chi connectivity index (χ0n) is 13.5. The molecule has 0 saturated carbocycles. The van der Waals surface area contributed by atoms with E-state index >= 15 is 0 Å². The minimum Gasteiger partial charge on any atom is -0.293 e. The van der Waals surface area contributed by atoms with Gasteiger partial charge in [-0.15, -0.1) is 11.3 Å². The lowest BCUT2D eigenvalue weighted by atomic mass is 10.0. The van der Waals surface area contributed by atoms with Gasteiger partial charge in [-0.1, -0.05) is 6.42 Å². The number of nitrogens with zero attached hydrogens (tertiary/aromatic N) is 6. The van der Waals surface area contributed by atoms with Crippen molar-refractivity contribution in [2.24, 2.45) is 0 Å². The Morgan fingerprint density at radius 2 is 2.04 bits per heavy atom. The van der Waals surface area contributed by atoms with Gasteiger partial charge in [-0.2, -0.15) is 5.10 Å². The van der Waals surface area contributed by atoms with E-state index in [1.807, 2.05) is 29.2 Å². The first-order valence-electron chi connectivity index (χ1n) is 8.32. The van der Waals surface area contributed by atoms with Gasteiger partial charge in [-0.05, 0) is 31.5 Å². The highest BCUT2D eigenvalue weighted by atomic mass is 32.1.